The quantitative estimate of drug-likeness (QED) is 0.746. The number of nitrogens with one attached hydrogen (secondary N) is 1. The van der Waals surface area contributed by atoms with E-state index in [2.05, 4.69) is 39.5 Å². The summed E-state index contributed by atoms with van der Waals surface area (Å²) in [6.07, 6.45) is 7.27. The fourth-order valence-electron chi connectivity index (χ4n) is 5.91. The zero-order chi connectivity index (χ0) is 22.2. The smallest absolute Gasteiger partial charge is 0.230 e. The van der Waals surface area contributed by atoms with Crippen LogP contribution < -0.4 is 15.1 Å². The number of amides is 1. The summed E-state index contributed by atoms with van der Waals surface area (Å²) in [5.74, 6) is 1.63. The van der Waals surface area contributed by atoms with Crippen LogP contribution in [0.25, 0.3) is 0 Å². The third-order valence-corrected chi connectivity index (χ3v) is 7.70. The highest BCUT2D eigenvalue weighted by Crippen LogP contribution is 2.42. The Kier molecular flexibility index (Phi) is 5.68. The van der Waals surface area contributed by atoms with Gasteiger partial charge in [0.15, 0.2) is 0 Å². The summed E-state index contributed by atoms with van der Waals surface area (Å²) in [6.45, 7) is 4.62. The first kappa shape index (κ1) is 20.9. The first-order valence-corrected chi connectivity index (χ1v) is 12.4. The van der Waals surface area contributed by atoms with Crippen LogP contribution in [0.5, 0.6) is 0 Å². The maximum atomic E-state index is 14.0. The van der Waals surface area contributed by atoms with E-state index >= 15 is 0 Å². The van der Waals surface area contributed by atoms with Crippen LogP contribution in [0.1, 0.15) is 37.7 Å². The van der Waals surface area contributed by atoms with Crippen molar-refractivity contribution < 1.29 is 14.3 Å². The molecule has 2 saturated heterocycles. The van der Waals surface area contributed by atoms with Gasteiger partial charge < -0.3 is 24.6 Å². The van der Waals surface area contributed by atoms with Gasteiger partial charge in [0.25, 0.3) is 0 Å². The predicted molar refractivity (Wildman–Crippen MR) is 128 cm³/mol. The molecule has 1 N–H and O–H groups in total. The van der Waals surface area contributed by atoms with Crippen LogP contribution in [0.15, 0.2) is 36.5 Å². The van der Waals surface area contributed by atoms with Crippen LogP contribution in [0.2, 0.25) is 0 Å². The van der Waals surface area contributed by atoms with Crippen LogP contribution in [0, 0.1) is 11.8 Å². The van der Waals surface area contributed by atoms with Crippen molar-refractivity contribution in [2.75, 3.05) is 48.0 Å². The van der Waals surface area contributed by atoms with E-state index < -0.39 is 0 Å². The van der Waals surface area contributed by atoms with Crippen molar-refractivity contribution in [3.8, 4) is 0 Å². The molecule has 7 heteroatoms. The maximum absolute atomic E-state index is 14.0. The Morgan fingerprint density at radius 2 is 2.00 bits per heavy atom. The third kappa shape index (κ3) is 4.08. The van der Waals surface area contributed by atoms with E-state index in [1.807, 2.05) is 11.0 Å². The lowest BCUT2D eigenvalue weighted by atomic mass is 9.75. The maximum Gasteiger partial charge on any atom is 0.230 e. The van der Waals surface area contributed by atoms with Gasteiger partial charge in [-0.15, -0.1) is 0 Å². The Morgan fingerprint density at radius 3 is 2.91 bits per heavy atom. The van der Waals surface area contributed by atoms with Crippen LogP contribution >= 0.6 is 0 Å². The van der Waals surface area contributed by atoms with Crippen molar-refractivity contribution >= 4 is 28.8 Å². The number of aromatic nitrogens is 1. The van der Waals surface area contributed by atoms with Gasteiger partial charge in [0.05, 0.1) is 37.2 Å². The van der Waals surface area contributed by atoms with Crippen molar-refractivity contribution in [3.63, 3.8) is 0 Å². The van der Waals surface area contributed by atoms with Crippen molar-refractivity contribution in [3.05, 3.63) is 42.1 Å². The minimum Gasteiger partial charge on any atom is -0.378 e. The monoisotopic (exact) mass is 448 g/mol. The van der Waals surface area contributed by atoms with Crippen molar-refractivity contribution in [2.45, 2.75) is 44.8 Å². The lowest BCUT2D eigenvalue weighted by Gasteiger charge is -2.40. The number of anilines is 4. The summed E-state index contributed by atoms with van der Waals surface area (Å²) in [6, 6.07) is 10.4. The minimum absolute atomic E-state index is 0.0473. The second kappa shape index (κ2) is 8.95. The molecule has 0 spiro atoms. The molecule has 33 heavy (non-hydrogen) atoms. The van der Waals surface area contributed by atoms with Crippen LogP contribution in [-0.2, 0) is 20.8 Å². The summed E-state index contributed by atoms with van der Waals surface area (Å²) in [7, 11) is 0. The zero-order valence-electron chi connectivity index (χ0n) is 19.0. The standard InChI is InChI=1S/C26H32N4O3/c31-26(19-5-8-24-18(15-19)4-2-12-33-24)30-17-20-3-1-9-27-25(20)28-22-7-6-21(16-23(22)30)29-10-13-32-14-11-29/h1,3,6-7,9,16,18-19,24H,2,4-5,8,10-15,17H2,(H,27,28)/t18-,19+,24-/m1/s1. The highest BCUT2D eigenvalue weighted by molar-refractivity contribution is 6.00. The molecule has 1 aromatic heterocycles. The van der Waals surface area contributed by atoms with Crippen molar-refractivity contribution in [1.82, 2.24) is 4.98 Å². The van der Waals surface area contributed by atoms with Gasteiger partial charge in [-0.1, -0.05) is 6.07 Å². The Balaban J connectivity index is 1.34. The molecule has 1 aromatic carbocycles. The number of fused-ring (bicyclic) bond motifs is 3. The number of carbonyl (C=O) groups excluding carboxylic acids is 1. The highest BCUT2D eigenvalue weighted by atomic mass is 16.5. The summed E-state index contributed by atoms with van der Waals surface area (Å²) in [5.41, 5.74) is 4.07. The third-order valence-electron chi connectivity index (χ3n) is 7.70. The van der Waals surface area contributed by atoms with Crippen LogP contribution in [0.4, 0.5) is 22.9 Å². The van der Waals surface area contributed by atoms with E-state index in [1.165, 1.54) is 6.42 Å². The SMILES string of the molecule is O=C([C@H]1CC[C@H]2OCCC[C@@H]2C1)N1Cc2cccnc2Nc2ccc(N3CCOCC3)cc21. The normalized spacial score (nSPS) is 27.0. The van der Waals surface area contributed by atoms with Gasteiger partial charge in [0.1, 0.15) is 5.82 Å². The van der Waals surface area contributed by atoms with E-state index in [4.69, 9.17) is 9.47 Å². The van der Waals surface area contributed by atoms with Gasteiger partial charge in [-0.05, 0) is 62.3 Å². The minimum atomic E-state index is 0.0473. The Morgan fingerprint density at radius 1 is 1.09 bits per heavy atom. The topological polar surface area (TPSA) is 66.9 Å². The van der Waals surface area contributed by atoms with Gasteiger partial charge >= 0.3 is 0 Å². The number of nitrogens with zero attached hydrogens (tertiary/aromatic N) is 3. The molecule has 0 unspecified atom stereocenters. The molecule has 3 atom stereocenters. The number of rotatable bonds is 2. The van der Waals surface area contributed by atoms with Gasteiger partial charge in [0.2, 0.25) is 5.91 Å². The Bertz CT molecular complexity index is 1020. The molecule has 4 aliphatic rings. The second-order valence-electron chi connectivity index (χ2n) is 9.68. The summed E-state index contributed by atoms with van der Waals surface area (Å²) < 4.78 is 11.5. The predicted octanol–water partition coefficient (Wildman–Crippen LogP) is 4.10. The van der Waals surface area contributed by atoms with E-state index in [0.29, 0.717) is 18.6 Å². The molecule has 1 amide bonds. The first-order chi connectivity index (χ1) is 16.3. The second-order valence-corrected chi connectivity index (χ2v) is 9.68. The highest BCUT2D eigenvalue weighted by Gasteiger charge is 2.38. The Hall–Kier alpha value is -2.64. The number of ether oxygens (including phenoxy) is 2. The molecule has 7 nitrogen and oxygen atoms in total. The molecule has 3 fully saturated rings. The van der Waals surface area contributed by atoms with Crippen LogP contribution in [-0.4, -0.2) is 49.9 Å². The lowest BCUT2D eigenvalue weighted by Crippen LogP contribution is -2.42. The fraction of sp³-hybridized carbons (Fsp3) is 0.538. The number of hydrogen-bond acceptors (Lipinski definition) is 6. The number of benzene rings is 1. The van der Waals surface area contributed by atoms with E-state index in [1.54, 1.807) is 6.20 Å². The number of carbonyl (C=O) groups is 1. The molecule has 2 aromatic rings. The Labute approximate surface area is 195 Å². The fourth-order valence-corrected chi connectivity index (χ4v) is 5.91. The number of hydrogen-bond donors (Lipinski definition) is 1. The molecular weight excluding hydrogens is 416 g/mol. The molecule has 6 rings (SSSR count). The van der Waals surface area contributed by atoms with E-state index in [9.17, 15) is 4.79 Å². The van der Waals surface area contributed by atoms with Gasteiger partial charge in [-0.25, -0.2) is 4.98 Å². The zero-order valence-corrected chi connectivity index (χ0v) is 19.0. The lowest BCUT2D eigenvalue weighted by molar-refractivity contribution is -0.127. The van der Waals surface area contributed by atoms with E-state index in [0.717, 1.165) is 87.0 Å². The van der Waals surface area contributed by atoms with E-state index in [-0.39, 0.29) is 11.8 Å². The molecule has 1 saturated carbocycles. The largest absolute Gasteiger partial charge is 0.378 e. The molecule has 0 radical (unpaired) electrons. The molecule has 0 bridgehead atoms. The van der Waals surface area contributed by atoms with Crippen LogP contribution in [0.3, 0.4) is 0 Å². The number of pyridine rings is 1. The molecule has 4 heterocycles. The molecule has 1 aliphatic carbocycles. The molecule has 174 valence electrons. The summed E-state index contributed by atoms with van der Waals surface area (Å²) in [5, 5.41) is 3.50. The average molecular weight is 449 g/mol. The summed E-state index contributed by atoms with van der Waals surface area (Å²) >= 11 is 0. The molecule has 3 aliphatic heterocycles. The van der Waals surface area contributed by atoms with Crippen molar-refractivity contribution in [2.24, 2.45) is 11.8 Å². The van der Waals surface area contributed by atoms with Gasteiger partial charge in [0, 0.05) is 43.1 Å². The van der Waals surface area contributed by atoms with Gasteiger partial charge in [-0.2, -0.15) is 0 Å². The first-order valence-electron chi connectivity index (χ1n) is 12.4. The van der Waals surface area contributed by atoms with Gasteiger partial charge in [-0.3, -0.25) is 4.79 Å². The average Bonchev–Trinajstić information content (AvgIpc) is 3.05. The van der Waals surface area contributed by atoms with Crippen molar-refractivity contribution in [1.29, 1.82) is 0 Å². The molecular formula is C26H32N4O3. The number of morpholine rings is 1. The summed E-state index contributed by atoms with van der Waals surface area (Å²) in [4.78, 5) is 23.0.